The average molecular weight is 372 g/mol. The van der Waals surface area contributed by atoms with Crippen molar-refractivity contribution in [2.75, 3.05) is 0 Å². The monoisotopic (exact) mass is 373 g/mol. The summed E-state index contributed by atoms with van der Waals surface area (Å²) in [7, 11) is 0. The topological polar surface area (TPSA) is 0 Å². The van der Waals surface area contributed by atoms with Crippen molar-refractivity contribution in [2.24, 2.45) is 0 Å². The van der Waals surface area contributed by atoms with Crippen LogP contribution in [0, 0.1) is 0 Å². The number of rotatable bonds is 0. The average Bonchev–Trinajstić information content (AvgIpc) is 0. The molecule has 0 aliphatic heterocycles. The van der Waals surface area contributed by atoms with Crippen molar-refractivity contribution in [3.8, 4) is 0 Å². The van der Waals surface area contributed by atoms with Crippen LogP contribution in [-0.4, -0.2) is 0 Å². The molecule has 0 N–H and O–H groups in total. The van der Waals surface area contributed by atoms with E-state index in [-0.39, 0.29) is 75.4 Å². The van der Waals surface area contributed by atoms with Crippen molar-refractivity contribution in [2.45, 2.75) is 0 Å². The van der Waals surface area contributed by atoms with Gasteiger partial charge in [-0.2, -0.15) is 0 Å². The van der Waals surface area contributed by atoms with Crippen LogP contribution < -0.4 is 0 Å². The molecular formula is CdPtS2. The van der Waals surface area contributed by atoms with Crippen LogP contribution in [0.25, 0.3) is 0 Å². The van der Waals surface area contributed by atoms with Crippen molar-refractivity contribution >= 4 is 27.0 Å². The molecule has 0 spiro atoms. The van der Waals surface area contributed by atoms with Crippen LogP contribution in [0.4, 0.5) is 0 Å². The second kappa shape index (κ2) is 18.5. The Bertz CT molecular complexity index is 6.00. The summed E-state index contributed by atoms with van der Waals surface area (Å²) in [5, 5.41) is 0. The van der Waals surface area contributed by atoms with Gasteiger partial charge >= 0.3 is 48.4 Å². The van der Waals surface area contributed by atoms with Gasteiger partial charge in [0, 0.05) is 0 Å². The smallest absolute Gasteiger partial charge is 2.00 e. The molecule has 0 saturated carbocycles. The zero-order valence-electron chi connectivity index (χ0n) is 1.84. The maximum atomic E-state index is 0. The van der Waals surface area contributed by atoms with Gasteiger partial charge in [0.2, 0.25) is 0 Å². The molecule has 0 aliphatic carbocycles. The summed E-state index contributed by atoms with van der Waals surface area (Å²) in [6, 6.07) is 0. The fourth-order valence-corrected chi connectivity index (χ4v) is 0. The zero-order valence-corrected chi connectivity index (χ0v) is 9.78. The third kappa shape index (κ3) is 8.85. The van der Waals surface area contributed by atoms with Crippen molar-refractivity contribution < 1.29 is 48.4 Å². The van der Waals surface area contributed by atoms with Gasteiger partial charge in [-0.05, 0) is 0 Å². The standard InChI is InChI=1S/Cd.Pt.2S/q2*+2;2*-2. The maximum Gasteiger partial charge on any atom is 2.00 e. The van der Waals surface area contributed by atoms with E-state index in [1.165, 1.54) is 0 Å². The summed E-state index contributed by atoms with van der Waals surface area (Å²) in [5.41, 5.74) is 0. The van der Waals surface area contributed by atoms with Crippen LogP contribution in [0.1, 0.15) is 0 Å². The Labute approximate surface area is 74.4 Å². The minimum absolute atomic E-state index is 0. The Kier molecular flexibility index (Phi) is 154. The summed E-state index contributed by atoms with van der Waals surface area (Å²) in [6.45, 7) is 0. The normalized spacial score (nSPS) is 0. The first-order chi connectivity index (χ1) is 0. The van der Waals surface area contributed by atoms with Gasteiger partial charge in [0.1, 0.15) is 0 Å². The second-order valence-corrected chi connectivity index (χ2v) is 0. The molecule has 4 heavy (non-hydrogen) atoms. The third-order valence-electron chi connectivity index (χ3n) is 0. The summed E-state index contributed by atoms with van der Waals surface area (Å²) < 4.78 is 0. The van der Waals surface area contributed by atoms with Gasteiger partial charge < -0.3 is 27.0 Å². The van der Waals surface area contributed by atoms with Gasteiger partial charge in [-0.1, -0.05) is 0 Å². The molecular weight excluding hydrogens is 372 g/mol. The summed E-state index contributed by atoms with van der Waals surface area (Å²) in [4.78, 5) is 0. The van der Waals surface area contributed by atoms with Crippen LogP contribution in [-0.2, 0) is 75.4 Å². The van der Waals surface area contributed by atoms with E-state index >= 15 is 0 Å². The molecule has 0 saturated heterocycles. The SMILES string of the molecule is [Cd+2].[Pt+2].[S-2].[S-2]. The Morgan fingerprint density at radius 1 is 0.750 bits per heavy atom. The predicted molar refractivity (Wildman–Crippen MR) is 14.7 cm³/mol. The maximum absolute atomic E-state index is 0. The Morgan fingerprint density at radius 3 is 0.750 bits per heavy atom. The van der Waals surface area contributed by atoms with Crippen molar-refractivity contribution in [3.05, 3.63) is 0 Å². The molecule has 0 aromatic rings. The van der Waals surface area contributed by atoms with E-state index < -0.39 is 0 Å². The van der Waals surface area contributed by atoms with E-state index in [1.54, 1.807) is 0 Å². The molecule has 0 nitrogen and oxygen atoms in total. The minimum atomic E-state index is 0. The summed E-state index contributed by atoms with van der Waals surface area (Å²) in [5.74, 6) is 0. The van der Waals surface area contributed by atoms with Gasteiger partial charge in [0.25, 0.3) is 0 Å². The zero-order chi connectivity index (χ0) is 0. The van der Waals surface area contributed by atoms with Crippen molar-refractivity contribution in [1.29, 1.82) is 0 Å². The first-order valence-corrected chi connectivity index (χ1v) is 0. The molecule has 0 heterocycles. The molecule has 0 aromatic carbocycles. The number of hydrogen-bond acceptors (Lipinski definition) is 0. The van der Waals surface area contributed by atoms with Crippen LogP contribution >= 0.6 is 0 Å². The molecule has 0 aromatic heterocycles. The van der Waals surface area contributed by atoms with Crippen LogP contribution in [0.15, 0.2) is 0 Å². The molecule has 0 radical (unpaired) electrons. The van der Waals surface area contributed by atoms with Gasteiger partial charge in [0.15, 0.2) is 0 Å². The third-order valence-corrected chi connectivity index (χ3v) is 0. The summed E-state index contributed by atoms with van der Waals surface area (Å²) in [6.07, 6.45) is 0. The predicted octanol–water partition coefficient (Wildman–Crippen LogP) is -0.00980. The van der Waals surface area contributed by atoms with E-state index in [0.717, 1.165) is 0 Å². The number of hydrogen-bond donors (Lipinski definition) is 0. The molecule has 0 aliphatic rings. The summed E-state index contributed by atoms with van der Waals surface area (Å²) >= 11 is 0. The van der Waals surface area contributed by atoms with Crippen LogP contribution in [0.2, 0.25) is 0 Å². The Hall–Kier alpha value is 2.31. The quantitative estimate of drug-likeness (QED) is 0.526. The van der Waals surface area contributed by atoms with Gasteiger partial charge in [-0.3, -0.25) is 0 Å². The minimum Gasteiger partial charge on any atom is -2.00 e. The Morgan fingerprint density at radius 2 is 0.750 bits per heavy atom. The van der Waals surface area contributed by atoms with Crippen LogP contribution in [0.5, 0.6) is 0 Å². The molecule has 4 heteroatoms. The molecule has 0 bridgehead atoms. The Balaban J connectivity index is 0. The second-order valence-electron chi connectivity index (χ2n) is 0. The van der Waals surface area contributed by atoms with Crippen LogP contribution in [0.3, 0.4) is 0 Å². The fraction of sp³-hybridized carbons (Fsp3) is 0. The van der Waals surface area contributed by atoms with E-state index in [1.807, 2.05) is 0 Å². The molecule has 0 fully saturated rings. The van der Waals surface area contributed by atoms with E-state index in [9.17, 15) is 0 Å². The fourth-order valence-electron chi connectivity index (χ4n) is 0. The van der Waals surface area contributed by atoms with Gasteiger partial charge in [-0.15, -0.1) is 0 Å². The first-order valence-electron chi connectivity index (χ1n) is 0. The first kappa shape index (κ1) is 33.3. The van der Waals surface area contributed by atoms with Gasteiger partial charge in [-0.25, -0.2) is 0 Å². The molecule has 0 unspecified atom stereocenters. The van der Waals surface area contributed by atoms with Crippen molar-refractivity contribution in [3.63, 3.8) is 0 Å². The largest absolute Gasteiger partial charge is 2.00 e. The van der Waals surface area contributed by atoms with E-state index in [0.29, 0.717) is 0 Å². The van der Waals surface area contributed by atoms with E-state index in [2.05, 4.69) is 0 Å². The molecule has 0 rings (SSSR count). The van der Waals surface area contributed by atoms with E-state index in [4.69, 9.17) is 0 Å². The molecule has 24 valence electrons. The molecule has 0 atom stereocenters. The van der Waals surface area contributed by atoms with Crippen molar-refractivity contribution in [1.82, 2.24) is 0 Å². The van der Waals surface area contributed by atoms with Gasteiger partial charge in [0.05, 0.1) is 0 Å². The molecule has 0 amide bonds.